The highest BCUT2D eigenvalue weighted by atomic mass is 16.5. The van der Waals surface area contributed by atoms with Crippen LogP contribution in [0.1, 0.15) is 75.6 Å². The van der Waals surface area contributed by atoms with Crippen LogP contribution in [-0.4, -0.2) is 73.3 Å². The van der Waals surface area contributed by atoms with Gasteiger partial charge < -0.3 is 24.4 Å². The van der Waals surface area contributed by atoms with Crippen LogP contribution in [0, 0.1) is 0 Å². The van der Waals surface area contributed by atoms with E-state index in [4.69, 9.17) is 14.2 Å². The molecule has 0 saturated carbocycles. The second kappa shape index (κ2) is 18.4. The van der Waals surface area contributed by atoms with Crippen LogP contribution < -0.4 is 15.0 Å². The molecule has 4 heterocycles. The minimum absolute atomic E-state index is 0.0716. The first-order valence-corrected chi connectivity index (χ1v) is 19.0. The Hall–Kier alpha value is -4.44. The van der Waals surface area contributed by atoms with E-state index < -0.39 is 0 Å². The van der Waals surface area contributed by atoms with E-state index in [0.717, 1.165) is 90.8 Å². The number of aromatic nitrogens is 2. The van der Waals surface area contributed by atoms with Gasteiger partial charge in [-0.15, -0.1) is 0 Å². The first-order valence-electron chi connectivity index (χ1n) is 19.0. The fraction of sp³-hybridized carbons (Fsp3) is 0.442. The Labute approximate surface area is 309 Å². The van der Waals surface area contributed by atoms with Gasteiger partial charge in [0.05, 0.1) is 12.8 Å². The minimum Gasteiger partial charge on any atom is -0.493 e. The summed E-state index contributed by atoms with van der Waals surface area (Å²) in [6.07, 6.45) is 11.5. The molecule has 276 valence electrons. The maximum absolute atomic E-state index is 13.8. The Morgan fingerprint density at radius 1 is 0.981 bits per heavy atom. The summed E-state index contributed by atoms with van der Waals surface area (Å²) in [7, 11) is 2.18. The third kappa shape index (κ3) is 9.91. The third-order valence-electron chi connectivity index (χ3n) is 9.98. The van der Waals surface area contributed by atoms with Crippen molar-refractivity contribution in [3.8, 4) is 16.9 Å². The molecular formula is C43H55N5O4. The fourth-order valence-electron chi connectivity index (χ4n) is 7.01. The maximum atomic E-state index is 13.8. The van der Waals surface area contributed by atoms with E-state index in [1.165, 1.54) is 18.4 Å². The van der Waals surface area contributed by atoms with Gasteiger partial charge in [-0.3, -0.25) is 14.4 Å². The Bertz CT molecular complexity index is 1760. The lowest BCUT2D eigenvalue weighted by atomic mass is 9.99. The van der Waals surface area contributed by atoms with E-state index in [1.807, 2.05) is 48.1 Å². The van der Waals surface area contributed by atoms with Gasteiger partial charge >= 0.3 is 0 Å². The number of carbonyl (C=O) groups is 1. The van der Waals surface area contributed by atoms with Crippen molar-refractivity contribution in [1.82, 2.24) is 14.7 Å². The first kappa shape index (κ1) is 37.3. The van der Waals surface area contributed by atoms with E-state index in [-0.39, 0.29) is 5.91 Å². The van der Waals surface area contributed by atoms with Crippen molar-refractivity contribution >= 4 is 23.4 Å². The van der Waals surface area contributed by atoms with E-state index in [0.29, 0.717) is 38.2 Å². The van der Waals surface area contributed by atoms with E-state index in [9.17, 15) is 4.79 Å². The zero-order valence-corrected chi connectivity index (χ0v) is 31.4. The maximum Gasteiger partial charge on any atom is 0.251 e. The summed E-state index contributed by atoms with van der Waals surface area (Å²) in [6.45, 7) is 12.8. The molecule has 1 amide bonds. The van der Waals surface area contributed by atoms with Crippen LogP contribution in [0.5, 0.6) is 5.75 Å². The topological polar surface area (TPSA) is 81.1 Å². The molecule has 0 aliphatic carbocycles. The molecule has 2 saturated heterocycles. The average Bonchev–Trinajstić information content (AvgIpc) is 3.88. The molecular weight excluding hydrogens is 651 g/mol. The molecule has 1 N–H and O–H groups in total. The zero-order valence-electron chi connectivity index (χ0n) is 31.4. The molecule has 3 aliphatic rings. The summed E-state index contributed by atoms with van der Waals surface area (Å²) in [5, 5.41) is 7.75. The smallest absolute Gasteiger partial charge is 0.251 e. The van der Waals surface area contributed by atoms with Crippen molar-refractivity contribution in [3.63, 3.8) is 0 Å². The third-order valence-corrected chi connectivity index (χ3v) is 9.98. The molecule has 0 bridgehead atoms. The summed E-state index contributed by atoms with van der Waals surface area (Å²) in [4.78, 5) is 18.5. The number of hydrogen-bond donors (Lipinski definition) is 1. The van der Waals surface area contributed by atoms with Crippen LogP contribution in [0.2, 0.25) is 0 Å². The number of rotatable bonds is 11. The number of amides is 1. The number of hydrogen-bond acceptors (Lipinski definition) is 7. The molecule has 0 atom stereocenters. The van der Waals surface area contributed by atoms with Crippen molar-refractivity contribution in [3.05, 3.63) is 101 Å². The highest BCUT2D eigenvalue weighted by molar-refractivity contribution is 6.07. The van der Waals surface area contributed by atoms with Gasteiger partial charge in [-0.1, -0.05) is 36.4 Å². The lowest BCUT2D eigenvalue weighted by molar-refractivity contribution is -0.112. The van der Waals surface area contributed by atoms with Crippen LogP contribution in [0.4, 0.5) is 11.4 Å². The van der Waals surface area contributed by atoms with Crippen LogP contribution in [0.25, 0.3) is 17.2 Å². The highest BCUT2D eigenvalue weighted by Crippen LogP contribution is 2.36. The monoisotopic (exact) mass is 705 g/mol. The van der Waals surface area contributed by atoms with Crippen LogP contribution >= 0.6 is 0 Å². The van der Waals surface area contributed by atoms with Gasteiger partial charge in [-0.25, -0.2) is 0 Å². The lowest BCUT2D eigenvalue weighted by Crippen LogP contribution is -2.36. The molecule has 0 unspecified atom stereocenters. The number of ether oxygens (including phenoxy) is 3. The number of nitrogens with one attached hydrogen (secondary N) is 1. The van der Waals surface area contributed by atoms with Gasteiger partial charge in [0.15, 0.2) is 0 Å². The molecule has 0 spiro atoms. The molecule has 9 heteroatoms. The van der Waals surface area contributed by atoms with Gasteiger partial charge in [0.2, 0.25) is 0 Å². The van der Waals surface area contributed by atoms with E-state index in [1.54, 1.807) is 0 Å². The van der Waals surface area contributed by atoms with Gasteiger partial charge in [0.25, 0.3) is 5.91 Å². The van der Waals surface area contributed by atoms with Crippen LogP contribution in [0.3, 0.4) is 0 Å². The van der Waals surface area contributed by atoms with E-state index in [2.05, 4.69) is 89.8 Å². The molecule has 3 aliphatic heterocycles. The Balaban J connectivity index is 0.000000856. The molecule has 3 aromatic carbocycles. The Morgan fingerprint density at radius 2 is 1.73 bits per heavy atom. The predicted molar refractivity (Wildman–Crippen MR) is 210 cm³/mol. The van der Waals surface area contributed by atoms with E-state index >= 15 is 0 Å². The average molecular weight is 706 g/mol. The van der Waals surface area contributed by atoms with Crippen molar-refractivity contribution in [2.75, 3.05) is 56.8 Å². The van der Waals surface area contributed by atoms with Crippen LogP contribution in [0.15, 0.2) is 84.7 Å². The van der Waals surface area contributed by atoms with Crippen molar-refractivity contribution in [2.24, 2.45) is 0 Å². The number of nitrogens with zero attached hydrogens (tertiary/aromatic N) is 4. The normalized spacial score (nSPS) is 16.2. The van der Waals surface area contributed by atoms with Gasteiger partial charge in [0.1, 0.15) is 5.75 Å². The van der Waals surface area contributed by atoms with Crippen LogP contribution in [-0.2, 0) is 27.4 Å². The SMILES string of the molecule is C1CCOC1.CCOc1ccccc1-c1ccc2c(c1)C=C(C(=O)Nc1ccc(CN(C)C3CCOCC3)cc1)CCN2Cc1cnn(C(C)C)c1. The summed E-state index contributed by atoms with van der Waals surface area (Å²) < 4.78 is 18.4. The van der Waals surface area contributed by atoms with Crippen molar-refractivity contribution < 1.29 is 19.0 Å². The van der Waals surface area contributed by atoms with Gasteiger partial charge in [-0.05, 0) is 113 Å². The highest BCUT2D eigenvalue weighted by Gasteiger charge is 2.22. The summed E-state index contributed by atoms with van der Waals surface area (Å²) in [6, 6.07) is 23.7. The van der Waals surface area contributed by atoms with Gasteiger partial charge in [-0.2, -0.15) is 5.10 Å². The summed E-state index contributed by atoms with van der Waals surface area (Å²) >= 11 is 0. The lowest BCUT2D eigenvalue weighted by Gasteiger charge is -2.31. The van der Waals surface area contributed by atoms with Gasteiger partial charge in [0, 0.05) is 92.4 Å². The summed E-state index contributed by atoms with van der Waals surface area (Å²) in [5.41, 5.74) is 8.13. The standard InChI is InChI=1S/C39H47N5O3.C4H8O/c1-5-47-38-9-7-6-8-36(38)31-12-15-37-33(22-31)23-32(16-19-43(37)26-30-24-40-44(27-30)28(2)3)39(45)41-34-13-10-29(11-14-34)25-42(4)35-17-20-46-21-18-35;1-2-4-5-3-1/h6-15,22-24,27-28,35H,5,16-21,25-26H2,1-4H3,(H,41,45);1-4H2. The predicted octanol–water partition coefficient (Wildman–Crippen LogP) is 8.37. The number of anilines is 2. The Kier molecular flexibility index (Phi) is 13.2. The minimum atomic E-state index is -0.0716. The Morgan fingerprint density at radius 3 is 2.42 bits per heavy atom. The molecule has 0 radical (unpaired) electrons. The first-order chi connectivity index (χ1) is 25.4. The molecule has 1 aromatic heterocycles. The quantitative estimate of drug-likeness (QED) is 0.168. The number of carbonyl (C=O) groups excluding carboxylic acids is 1. The number of para-hydroxylation sites is 1. The zero-order chi connectivity index (χ0) is 36.3. The molecule has 7 rings (SSSR count). The second-order valence-corrected chi connectivity index (χ2v) is 14.2. The fourth-order valence-corrected chi connectivity index (χ4v) is 7.01. The van der Waals surface area contributed by atoms with Crippen molar-refractivity contribution in [1.29, 1.82) is 0 Å². The number of fused-ring (bicyclic) bond motifs is 1. The molecule has 52 heavy (non-hydrogen) atoms. The number of benzene rings is 3. The molecule has 9 nitrogen and oxygen atoms in total. The molecule has 2 fully saturated rings. The second-order valence-electron chi connectivity index (χ2n) is 14.2. The van der Waals surface area contributed by atoms with Crippen molar-refractivity contribution in [2.45, 2.75) is 78.0 Å². The molecule has 4 aromatic rings. The summed E-state index contributed by atoms with van der Waals surface area (Å²) in [5.74, 6) is 0.781. The largest absolute Gasteiger partial charge is 0.493 e.